The molecule has 0 radical (unpaired) electrons. The fraction of sp³-hybridized carbons (Fsp3) is 0.0833. The lowest BCUT2D eigenvalue weighted by Gasteiger charge is -2.03. The van der Waals surface area contributed by atoms with Crippen molar-refractivity contribution in [2.75, 3.05) is 5.73 Å². The molecule has 0 bridgehead atoms. The van der Waals surface area contributed by atoms with Gasteiger partial charge in [0.15, 0.2) is 5.76 Å². The van der Waals surface area contributed by atoms with Crippen LogP contribution in [0.15, 0.2) is 44.1 Å². The molecule has 100 valence electrons. The summed E-state index contributed by atoms with van der Waals surface area (Å²) in [5.41, 5.74) is 8.40. The average molecular weight is 342 g/mol. The summed E-state index contributed by atoms with van der Waals surface area (Å²) in [5.74, 6) is 6.11. The maximum atomic E-state index is 11.2. The third kappa shape index (κ3) is 3.52. The standard InChI is InChI=1S/C12H12BrN3O2S/c13-9-5-7(14)1-4-11(9)19-6-8-2-3-10(18-8)12(17)16-15/h1-5H,6,14-15H2,(H,16,17). The number of nitrogens with one attached hydrogen (secondary N) is 1. The minimum absolute atomic E-state index is 0.203. The van der Waals surface area contributed by atoms with E-state index in [2.05, 4.69) is 15.9 Å². The van der Waals surface area contributed by atoms with Gasteiger partial charge in [-0.2, -0.15) is 0 Å². The molecular weight excluding hydrogens is 330 g/mol. The molecule has 0 spiro atoms. The van der Waals surface area contributed by atoms with E-state index in [0.717, 1.165) is 9.37 Å². The Morgan fingerprint density at radius 3 is 2.84 bits per heavy atom. The lowest BCUT2D eigenvalue weighted by molar-refractivity contribution is 0.0924. The summed E-state index contributed by atoms with van der Waals surface area (Å²) >= 11 is 5.03. The molecule has 2 aromatic rings. The van der Waals surface area contributed by atoms with E-state index in [-0.39, 0.29) is 5.76 Å². The van der Waals surface area contributed by atoms with Crippen molar-refractivity contribution in [2.24, 2.45) is 5.84 Å². The van der Waals surface area contributed by atoms with Crippen LogP contribution in [0.4, 0.5) is 5.69 Å². The Morgan fingerprint density at radius 1 is 1.37 bits per heavy atom. The van der Waals surface area contributed by atoms with Gasteiger partial charge in [-0.25, -0.2) is 5.84 Å². The Morgan fingerprint density at radius 2 is 2.16 bits per heavy atom. The molecule has 5 nitrogen and oxygen atoms in total. The number of nitrogen functional groups attached to an aromatic ring is 2. The van der Waals surface area contributed by atoms with E-state index in [4.69, 9.17) is 16.0 Å². The van der Waals surface area contributed by atoms with E-state index in [0.29, 0.717) is 17.2 Å². The molecule has 0 saturated heterocycles. The number of hydrazine groups is 1. The first kappa shape index (κ1) is 14.0. The SMILES string of the molecule is NNC(=O)c1ccc(CSc2ccc(N)cc2Br)o1. The van der Waals surface area contributed by atoms with Crippen LogP contribution in [0, 0.1) is 0 Å². The number of rotatable bonds is 4. The lowest BCUT2D eigenvalue weighted by Crippen LogP contribution is -2.29. The summed E-state index contributed by atoms with van der Waals surface area (Å²) in [7, 11) is 0. The van der Waals surface area contributed by atoms with Crippen molar-refractivity contribution in [3.05, 3.63) is 46.3 Å². The van der Waals surface area contributed by atoms with Gasteiger partial charge in [0.2, 0.25) is 0 Å². The van der Waals surface area contributed by atoms with Crippen LogP contribution in [-0.2, 0) is 5.75 Å². The number of hydrogen-bond donors (Lipinski definition) is 3. The second-order valence-electron chi connectivity index (χ2n) is 3.72. The lowest BCUT2D eigenvalue weighted by atomic mass is 10.3. The van der Waals surface area contributed by atoms with E-state index in [1.54, 1.807) is 23.9 Å². The third-order valence-corrected chi connectivity index (χ3v) is 4.36. The van der Waals surface area contributed by atoms with E-state index in [1.165, 1.54) is 0 Å². The van der Waals surface area contributed by atoms with Gasteiger partial charge in [-0.3, -0.25) is 10.2 Å². The van der Waals surface area contributed by atoms with Crippen LogP contribution < -0.4 is 17.0 Å². The highest BCUT2D eigenvalue weighted by atomic mass is 79.9. The number of hydrogen-bond acceptors (Lipinski definition) is 5. The van der Waals surface area contributed by atoms with Crippen molar-refractivity contribution in [1.29, 1.82) is 0 Å². The van der Waals surface area contributed by atoms with Crippen LogP contribution in [0.25, 0.3) is 0 Å². The van der Waals surface area contributed by atoms with Crippen molar-refractivity contribution in [3.63, 3.8) is 0 Å². The van der Waals surface area contributed by atoms with Gasteiger partial charge < -0.3 is 10.2 Å². The Hall–Kier alpha value is -1.44. The molecule has 5 N–H and O–H groups in total. The molecule has 0 atom stereocenters. The molecule has 19 heavy (non-hydrogen) atoms. The summed E-state index contributed by atoms with van der Waals surface area (Å²) in [4.78, 5) is 12.3. The topological polar surface area (TPSA) is 94.3 Å². The van der Waals surface area contributed by atoms with Gasteiger partial charge >= 0.3 is 5.91 Å². The molecule has 1 aromatic carbocycles. The highest BCUT2D eigenvalue weighted by molar-refractivity contribution is 9.10. The van der Waals surface area contributed by atoms with Gasteiger partial charge in [0.25, 0.3) is 0 Å². The molecule has 2 rings (SSSR count). The maximum absolute atomic E-state index is 11.2. The zero-order valence-electron chi connectivity index (χ0n) is 9.85. The van der Waals surface area contributed by atoms with Gasteiger partial charge in [0.1, 0.15) is 5.76 Å². The van der Waals surface area contributed by atoms with Gasteiger partial charge in [-0.15, -0.1) is 11.8 Å². The summed E-state index contributed by atoms with van der Waals surface area (Å²) in [5, 5.41) is 0. The first-order valence-electron chi connectivity index (χ1n) is 5.37. The highest BCUT2D eigenvalue weighted by Gasteiger charge is 2.10. The quantitative estimate of drug-likeness (QED) is 0.261. The van der Waals surface area contributed by atoms with Crippen molar-refractivity contribution in [1.82, 2.24) is 5.43 Å². The summed E-state index contributed by atoms with van der Waals surface area (Å²) in [6.07, 6.45) is 0. The van der Waals surface area contributed by atoms with Gasteiger partial charge in [0, 0.05) is 15.1 Å². The number of benzene rings is 1. The van der Waals surface area contributed by atoms with Crippen LogP contribution in [0.5, 0.6) is 0 Å². The smallest absolute Gasteiger partial charge is 0.300 e. The zero-order chi connectivity index (χ0) is 13.8. The monoisotopic (exact) mass is 341 g/mol. The number of thioether (sulfide) groups is 1. The fourth-order valence-electron chi connectivity index (χ4n) is 1.43. The van der Waals surface area contributed by atoms with Crippen LogP contribution >= 0.6 is 27.7 Å². The Balaban J connectivity index is 2.02. The molecule has 1 aromatic heterocycles. The normalized spacial score (nSPS) is 10.4. The number of furan rings is 1. The highest BCUT2D eigenvalue weighted by Crippen LogP contribution is 2.31. The molecule has 0 fully saturated rings. The van der Waals surface area contributed by atoms with E-state index >= 15 is 0 Å². The summed E-state index contributed by atoms with van der Waals surface area (Å²) in [6.45, 7) is 0. The molecule has 0 aliphatic heterocycles. The average Bonchev–Trinajstić information content (AvgIpc) is 2.85. The number of nitrogens with two attached hydrogens (primary N) is 2. The summed E-state index contributed by atoms with van der Waals surface area (Å²) < 4.78 is 6.30. The molecule has 0 saturated carbocycles. The van der Waals surface area contributed by atoms with Crippen LogP contribution in [-0.4, -0.2) is 5.91 Å². The number of anilines is 1. The first-order chi connectivity index (χ1) is 9.10. The largest absolute Gasteiger partial charge is 0.455 e. The Labute approximate surface area is 122 Å². The van der Waals surface area contributed by atoms with Gasteiger partial charge in [-0.05, 0) is 46.3 Å². The van der Waals surface area contributed by atoms with E-state index in [9.17, 15) is 4.79 Å². The van der Waals surface area contributed by atoms with Crippen molar-refractivity contribution in [3.8, 4) is 0 Å². The maximum Gasteiger partial charge on any atom is 0.300 e. The molecule has 0 aliphatic rings. The Bertz CT molecular complexity index is 600. The molecule has 1 heterocycles. The molecule has 1 amide bonds. The Kier molecular flexibility index (Phi) is 4.52. The molecular formula is C12H12BrN3O2S. The van der Waals surface area contributed by atoms with Crippen LogP contribution in [0.1, 0.15) is 16.3 Å². The predicted octanol–water partition coefficient (Wildman–Crippen LogP) is 2.52. The van der Waals surface area contributed by atoms with E-state index in [1.807, 2.05) is 23.6 Å². The van der Waals surface area contributed by atoms with Gasteiger partial charge in [0.05, 0.1) is 5.75 Å². The number of carbonyl (C=O) groups is 1. The van der Waals surface area contributed by atoms with E-state index < -0.39 is 5.91 Å². The number of amides is 1. The first-order valence-corrected chi connectivity index (χ1v) is 7.15. The number of halogens is 1. The molecule has 0 unspecified atom stereocenters. The summed E-state index contributed by atoms with van der Waals surface area (Å²) in [6, 6.07) is 8.96. The fourth-order valence-corrected chi connectivity index (χ4v) is 2.99. The second kappa shape index (κ2) is 6.14. The third-order valence-electron chi connectivity index (χ3n) is 2.34. The predicted molar refractivity (Wildman–Crippen MR) is 78.5 cm³/mol. The minimum atomic E-state index is -0.440. The van der Waals surface area contributed by atoms with Crippen LogP contribution in [0.2, 0.25) is 0 Å². The van der Waals surface area contributed by atoms with Crippen molar-refractivity contribution < 1.29 is 9.21 Å². The number of carbonyl (C=O) groups excluding carboxylic acids is 1. The van der Waals surface area contributed by atoms with Gasteiger partial charge in [-0.1, -0.05) is 0 Å². The molecule has 7 heteroatoms. The molecule has 0 aliphatic carbocycles. The second-order valence-corrected chi connectivity index (χ2v) is 5.59. The van der Waals surface area contributed by atoms with Crippen molar-refractivity contribution in [2.45, 2.75) is 10.6 Å². The van der Waals surface area contributed by atoms with Crippen molar-refractivity contribution >= 4 is 39.3 Å². The minimum Gasteiger partial charge on any atom is -0.455 e. The zero-order valence-corrected chi connectivity index (χ0v) is 12.3. The van der Waals surface area contributed by atoms with Crippen LogP contribution in [0.3, 0.4) is 0 Å².